The molecule has 0 bridgehead atoms. The number of rotatable bonds is 4. The minimum atomic E-state index is -4.04. The molecule has 8 heteroatoms. The number of aromatic nitrogens is 2. The molecule has 1 aromatic heterocycles. The molecule has 1 aliphatic rings. The Bertz CT molecular complexity index is 1140. The van der Waals surface area contributed by atoms with E-state index in [-0.39, 0.29) is 5.89 Å². The van der Waals surface area contributed by atoms with Crippen molar-refractivity contribution in [1.29, 1.82) is 0 Å². The van der Waals surface area contributed by atoms with Crippen molar-refractivity contribution in [3.8, 4) is 11.5 Å². The number of carbonyl (C=O) groups excluding carboxylic acids is 1. The number of para-hydroxylation sites is 1. The number of anilines is 1. The van der Waals surface area contributed by atoms with E-state index in [1.807, 2.05) is 43.3 Å². The minimum absolute atomic E-state index is 0.118. The zero-order valence-corrected chi connectivity index (χ0v) is 16.1. The summed E-state index contributed by atoms with van der Waals surface area (Å²) in [6, 6.07) is 14.8. The molecule has 0 atom stereocenters. The Labute approximate surface area is 162 Å². The molecular weight excluding hydrogens is 378 g/mol. The van der Waals surface area contributed by atoms with Gasteiger partial charge < -0.3 is 9.32 Å². The molecule has 0 spiro atoms. The molecule has 7 nitrogen and oxygen atoms in total. The van der Waals surface area contributed by atoms with Gasteiger partial charge in [0.1, 0.15) is 5.75 Å². The summed E-state index contributed by atoms with van der Waals surface area (Å²) in [4.78, 5) is 14.3. The lowest BCUT2D eigenvalue weighted by molar-refractivity contribution is -0.116. The van der Waals surface area contributed by atoms with Crippen molar-refractivity contribution in [2.45, 2.75) is 25.0 Å². The van der Waals surface area contributed by atoms with Crippen molar-refractivity contribution in [3.05, 3.63) is 59.7 Å². The van der Waals surface area contributed by atoms with E-state index in [4.69, 9.17) is 4.42 Å². The molecular formula is C20H19N3O4S. The molecule has 2 aromatic carbocycles. The summed E-state index contributed by atoms with van der Waals surface area (Å²) in [5.74, 6) is -1.09. The van der Waals surface area contributed by atoms with Crippen LogP contribution in [0, 0.1) is 6.92 Å². The summed E-state index contributed by atoms with van der Waals surface area (Å²) in [7, 11) is -4.04. The average molecular weight is 397 g/mol. The Morgan fingerprint density at radius 1 is 1.11 bits per heavy atom. The molecule has 0 N–H and O–H groups in total. The lowest BCUT2D eigenvalue weighted by atomic mass is 10.0. The third-order valence-corrected chi connectivity index (χ3v) is 6.10. The number of hydrogen-bond donors (Lipinski definition) is 0. The van der Waals surface area contributed by atoms with Gasteiger partial charge >= 0.3 is 5.22 Å². The number of aryl methyl sites for hydroxylation is 2. The summed E-state index contributed by atoms with van der Waals surface area (Å²) in [5.41, 5.74) is 3.35. The van der Waals surface area contributed by atoms with Crippen molar-refractivity contribution in [3.63, 3.8) is 0 Å². The predicted molar refractivity (Wildman–Crippen MR) is 104 cm³/mol. The smallest absolute Gasteiger partial charge is 0.336 e. The highest BCUT2D eigenvalue weighted by atomic mass is 32.2. The van der Waals surface area contributed by atoms with E-state index in [9.17, 15) is 13.2 Å². The SMILES string of the molecule is Cc1ccccc1-c1nnc(S(=O)(=O)CC(=O)N2CCCc3ccccc32)o1. The zero-order valence-electron chi connectivity index (χ0n) is 15.3. The molecule has 0 radical (unpaired) electrons. The van der Waals surface area contributed by atoms with Crippen LogP contribution in [0.2, 0.25) is 0 Å². The second-order valence-electron chi connectivity index (χ2n) is 6.72. The Balaban J connectivity index is 1.57. The molecule has 0 saturated carbocycles. The quantitative estimate of drug-likeness (QED) is 0.672. The number of carbonyl (C=O) groups is 1. The van der Waals surface area contributed by atoms with Gasteiger partial charge in [0.15, 0.2) is 0 Å². The van der Waals surface area contributed by atoms with Crippen LogP contribution in [0.4, 0.5) is 5.69 Å². The van der Waals surface area contributed by atoms with Crippen LogP contribution in [0.1, 0.15) is 17.5 Å². The average Bonchev–Trinajstić information content (AvgIpc) is 3.18. The molecule has 0 unspecified atom stereocenters. The summed E-state index contributed by atoms with van der Waals surface area (Å²) in [5, 5.41) is 6.98. The van der Waals surface area contributed by atoms with Crippen LogP contribution in [0.25, 0.3) is 11.5 Å². The highest BCUT2D eigenvalue weighted by Gasteiger charge is 2.31. The zero-order chi connectivity index (χ0) is 19.7. The maximum Gasteiger partial charge on any atom is 0.336 e. The van der Waals surface area contributed by atoms with Crippen molar-refractivity contribution in [1.82, 2.24) is 10.2 Å². The van der Waals surface area contributed by atoms with Gasteiger partial charge in [-0.25, -0.2) is 8.42 Å². The molecule has 2 heterocycles. The second-order valence-corrected chi connectivity index (χ2v) is 8.59. The fourth-order valence-corrected chi connectivity index (χ4v) is 4.33. The fourth-order valence-electron chi connectivity index (χ4n) is 3.35. The van der Waals surface area contributed by atoms with Crippen molar-refractivity contribution >= 4 is 21.4 Å². The highest BCUT2D eigenvalue weighted by molar-refractivity contribution is 7.91. The molecule has 1 amide bonds. The Hall–Kier alpha value is -3.00. The van der Waals surface area contributed by atoms with E-state index < -0.39 is 26.7 Å². The normalized spacial score (nSPS) is 14.0. The fraction of sp³-hybridized carbons (Fsp3) is 0.250. The van der Waals surface area contributed by atoms with Crippen LogP contribution in [0.15, 0.2) is 58.2 Å². The highest BCUT2D eigenvalue weighted by Crippen LogP contribution is 2.28. The lowest BCUT2D eigenvalue weighted by Gasteiger charge is -2.29. The van der Waals surface area contributed by atoms with E-state index in [0.29, 0.717) is 12.1 Å². The molecule has 1 aliphatic heterocycles. The first-order chi connectivity index (χ1) is 13.5. The topological polar surface area (TPSA) is 93.4 Å². The Morgan fingerprint density at radius 2 is 1.86 bits per heavy atom. The van der Waals surface area contributed by atoms with Gasteiger partial charge in [0.05, 0.1) is 0 Å². The van der Waals surface area contributed by atoms with E-state index in [1.54, 1.807) is 12.1 Å². The molecule has 0 aliphatic carbocycles. The van der Waals surface area contributed by atoms with Crippen LogP contribution in [0.3, 0.4) is 0 Å². The monoisotopic (exact) mass is 397 g/mol. The van der Waals surface area contributed by atoms with Crippen LogP contribution in [0.5, 0.6) is 0 Å². The minimum Gasteiger partial charge on any atom is -0.408 e. The van der Waals surface area contributed by atoms with Crippen molar-refractivity contribution in [2.75, 3.05) is 17.2 Å². The molecule has 144 valence electrons. The summed E-state index contributed by atoms with van der Waals surface area (Å²) < 4.78 is 30.8. The molecule has 4 rings (SSSR count). The van der Waals surface area contributed by atoms with Gasteiger partial charge in [-0.1, -0.05) is 41.5 Å². The first-order valence-corrected chi connectivity index (χ1v) is 10.6. The third kappa shape index (κ3) is 3.43. The number of hydrogen-bond acceptors (Lipinski definition) is 6. The molecule has 3 aromatic rings. The van der Waals surface area contributed by atoms with Gasteiger partial charge in [0, 0.05) is 17.8 Å². The largest absolute Gasteiger partial charge is 0.408 e. The van der Waals surface area contributed by atoms with Gasteiger partial charge in [0.25, 0.3) is 0 Å². The van der Waals surface area contributed by atoms with Gasteiger partial charge in [-0.3, -0.25) is 4.79 Å². The van der Waals surface area contributed by atoms with Crippen LogP contribution < -0.4 is 4.90 Å². The van der Waals surface area contributed by atoms with Gasteiger partial charge in [-0.15, -0.1) is 5.10 Å². The van der Waals surface area contributed by atoms with Crippen LogP contribution in [-0.4, -0.2) is 36.8 Å². The number of sulfone groups is 1. The van der Waals surface area contributed by atoms with E-state index in [0.717, 1.165) is 29.7 Å². The van der Waals surface area contributed by atoms with E-state index in [1.165, 1.54) is 4.90 Å². The van der Waals surface area contributed by atoms with Crippen molar-refractivity contribution in [2.24, 2.45) is 0 Å². The Morgan fingerprint density at radius 3 is 2.68 bits per heavy atom. The van der Waals surface area contributed by atoms with E-state index in [2.05, 4.69) is 10.2 Å². The predicted octanol–water partition coefficient (Wildman–Crippen LogP) is 2.80. The van der Waals surface area contributed by atoms with Crippen LogP contribution >= 0.6 is 0 Å². The lowest BCUT2D eigenvalue weighted by Crippen LogP contribution is -2.39. The van der Waals surface area contributed by atoms with Gasteiger partial charge in [0.2, 0.25) is 21.6 Å². The Kier molecular flexibility index (Phi) is 4.72. The van der Waals surface area contributed by atoms with Gasteiger partial charge in [-0.05, 0) is 43.0 Å². The standard InChI is InChI=1S/C20H19N3O4S/c1-14-7-2-4-10-16(14)19-21-22-20(27-19)28(25,26)13-18(24)23-12-6-9-15-8-3-5-11-17(15)23/h2-5,7-8,10-11H,6,9,12-13H2,1H3. The molecule has 0 fully saturated rings. The molecule has 0 saturated heterocycles. The maximum absolute atomic E-state index is 12.7. The van der Waals surface area contributed by atoms with Gasteiger partial charge in [-0.2, -0.15) is 0 Å². The number of amides is 1. The summed E-state index contributed by atoms with van der Waals surface area (Å²) in [6.07, 6.45) is 1.66. The first-order valence-electron chi connectivity index (χ1n) is 8.96. The molecule has 28 heavy (non-hydrogen) atoms. The summed E-state index contributed by atoms with van der Waals surface area (Å²) in [6.45, 7) is 2.36. The number of benzene rings is 2. The first kappa shape index (κ1) is 18.4. The van der Waals surface area contributed by atoms with E-state index >= 15 is 0 Å². The number of nitrogens with zero attached hydrogens (tertiary/aromatic N) is 3. The maximum atomic E-state index is 12.7. The van der Waals surface area contributed by atoms with Crippen LogP contribution in [-0.2, 0) is 21.1 Å². The summed E-state index contributed by atoms with van der Waals surface area (Å²) >= 11 is 0. The second kappa shape index (κ2) is 7.20. The third-order valence-electron chi connectivity index (χ3n) is 4.77. The number of fused-ring (bicyclic) bond motifs is 1. The van der Waals surface area contributed by atoms with Crippen molar-refractivity contribution < 1.29 is 17.6 Å².